The number of hydrogen-bond acceptors (Lipinski definition) is 9. The minimum atomic E-state index is -1.72. The molecular weight excluding hydrogens is 617 g/mol. The minimum absolute atomic E-state index is 0.00562. The number of thiazole rings is 1. The quantitative estimate of drug-likeness (QED) is 0.285. The third kappa shape index (κ3) is 7.33. The van der Waals surface area contributed by atoms with Gasteiger partial charge in [0.25, 0.3) is 5.88 Å². The number of carboxylic acid groups (broad SMARTS) is 1. The summed E-state index contributed by atoms with van der Waals surface area (Å²) in [5.41, 5.74) is 2.99. The van der Waals surface area contributed by atoms with Crippen LogP contribution < -0.4 is 10.1 Å². The van der Waals surface area contributed by atoms with E-state index in [4.69, 9.17) is 14.4 Å². The van der Waals surface area contributed by atoms with Crippen LogP contribution in [0.3, 0.4) is 0 Å². The molecule has 46 heavy (non-hydrogen) atoms. The normalized spacial score (nSPS) is 20.8. The molecule has 3 amide bonds. The molecule has 0 saturated carbocycles. The molecule has 2 aliphatic heterocycles. The number of ether oxygens (including phenoxy) is 1. The lowest BCUT2D eigenvalue weighted by Gasteiger charge is -2.34. The number of alkyl halides is 1. The number of carbonyl (C=O) groups excluding carboxylic acids is 2. The Morgan fingerprint density at radius 1 is 1.20 bits per heavy atom. The summed E-state index contributed by atoms with van der Waals surface area (Å²) < 4.78 is 26.3. The fourth-order valence-electron chi connectivity index (χ4n) is 6.05. The Balaban J connectivity index is 1.22. The molecule has 0 spiro atoms. The van der Waals surface area contributed by atoms with Crippen molar-refractivity contribution < 1.29 is 38.2 Å². The maximum Gasteiger partial charge on any atom is 0.407 e. The van der Waals surface area contributed by atoms with Crippen LogP contribution in [-0.4, -0.2) is 92.1 Å². The number of aliphatic hydroxyl groups is 1. The standard InChI is InChI=1S/C32H40FN5O7S/c1-18(2)27(25-14-26(36-45-25)44-16-32(33)9-11-37(12-10-32)31(42)43)30(41)38-15-23(39)13-24(38)29(40)35-19(3)21-5-7-22(8-6-21)28-20(4)34-17-46-28/h5-8,14,17-19,23-24,27,39H,9-13,15-16H2,1-4H3,(H,35,40)(H,42,43)/t19-,23+,24-,27+/m0/s1. The molecule has 1 aromatic carbocycles. The van der Waals surface area contributed by atoms with E-state index >= 15 is 4.39 Å². The topological polar surface area (TPSA) is 158 Å². The van der Waals surface area contributed by atoms with Crippen molar-refractivity contribution in [2.24, 2.45) is 5.92 Å². The zero-order valence-electron chi connectivity index (χ0n) is 26.3. The van der Waals surface area contributed by atoms with Crippen molar-refractivity contribution in [1.29, 1.82) is 0 Å². The van der Waals surface area contributed by atoms with Gasteiger partial charge in [0.1, 0.15) is 24.2 Å². The van der Waals surface area contributed by atoms with Gasteiger partial charge in [0.2, 0.25) is 11.8 Å². The molecule has 2 aliphatic rings. The van der Waals surface area contributed by atoms with Gasteiger partial charge in [-0.15, -0.1) is 11.3 Å². The molecule has 0 aliphatic carbocycles. The van der Waals surface area contributed by atoms with Crippen molar-refractivity contribution in [1.82, 2.24) is 25.3 Å². The first-order valence-corrected chi connectivity index (χ1v) is 16.3. The Kier molecular flexibility index (Phi) is 9.96. The molecule has 4 heterocycles. The van der Waals surface area contributed by atoms with Gasteiger partial charge in [-0.3, -0.25) is 9.59 Å². The van der Waals surface area contributed by atoms with E-state index in [0.29, 0.717) is 0 Å². The Labute approximate surface area is 270 Å². The summed E-state index contributed by atoms with van der Waals surface area (Å²) in [6, 6.07) is 8.11. The maximum atomic E-state index is 15.2. The summed E-state index contributed by atoms with van der Waals surface area (Å²) in [4.78, 5) is 46.5. The number of benzene rings is 1. The van der Waals surface area contributed by atoms with Gasteiger partial charge < -0.3 is 34.6 Å². The molecule has 3 aromatic rings. The number of β-amino-alcohol motifs (C(OH)–C–C–N with tert-alkyl or cyclic N) is 1. The average molecular weight is 658 g/mol. The SMILES string of the molecule is Cc1ncsc1-c1ccc([C@H](C)NC(=O)[C@@H]2C[C@@H](O)CN2C(=O)[C@@H](c2cc(OCC3(F)CCN(C(=O)O)CC3)no2)C(C)C)cc1. The lowest BCUT2D eigenvalue weighted by atomic mass is 9.91. The number of rotatable bonds is 10. The Morgan fingerprint density at radius 3 is 2.50 bits per heavy atom. The van der Waals surface area contributed by atoms with E-state index in [2.05, 4.69) is 15.5 Å². The van der Waals surface area contributed by atoms with E-state index < -0.39 is 35.7 Å². The van der Waals surface area contributed by atoms with Crippen LogP contribution in [0.1, 0.15) is 69.0 Å². The van der Waals surface area contributed by atoms with Gasteiger partial charge in [0.05, 0.1) is 28.2 Å². The fraction of sp³-hybridized carbons (Fsp3) is 0.531. The van der Waals surface area contributed by atoms with E-state index in [1.807, 2.05) is 52.0 Å². The molecule has 2 saturated heterocycles. The highest BCUT2D eigenvalue weighted by Gasteiger charge is 2.44. The summed E-state index contributed by atoms with van der Waals surface area (Å²) in [6.07, 6.45) is -1.86. The molecule has 4 atom stereocenters. The van der Waals surface area contributed by atoms with E-state index in [1.165, 1.54) is 11.0 Å². The molecule has 0 radical (unpaired) electrons. The van der Waals surface area contributed by atoms with Crippen LogP contribution in [0, 0.1) is 12.8 Å². The van der Waals surface area contributed by atoms with Crippen molar-refractivity contribution in [2.75, 3.05) is 26.2 Å². The smallest absolute Gasteiger partial charge is 0.407 e. The number of nitrogens with zero attached hydrogens (tertiary/aromatic N) is 4. The monoisotopic (exact) mass is 657 g/mol. The predicted molar refractivity (Wildman–Crippen MR) is 167 cm³/mol. The summed E-state index contributed by atoms with van der Waals surface area (Å²) in [5, 5.41) is 26.5. The van der Waals surface area contributed by atoms with E-state index in [0.717, 1.165) is 26.6 Å². The highest BCUT2D eigenvalue weighted by atomic mass is 32.1. The lowest BCUT2D eigenvalue weighted by Crippen LogP contribution is -2.48. The summed E-state index contributed by atoms with van der Waals surface area (Å²) in [7, 11) is 0. The van der Waals surface area contributed by atoms with Crippen molar-refractivity contribution in [3.8, 4) is 16.3 Å². The zero-order valence-corrected chi connectivity index (χ0v) is 27.1. The first kappa shape index (κ1) is 33.3. The van der Waals surface area contributed by atoms with Crippen molar-refractivity contribution >= 4 is 29.2 Å². The first-order valence-electron chi connectivity index (χ1n) is 15.4. The van der Waals surface area contributed by atoms with E-state index in [9.17, 15) is 19.5 Å². The number of aliphatic hydroxyl groups excluding tert-OH is 1. The van der Waals surface area contributed by atoms with Crippen molar-refractivity contribution in [2.45, 2.75) is 76.7 Å². The molecule has 0 bridgehead atoms. The highest BCUT2D eigenvalue weighted by Crippen LogP contribution is 2.34. The number of carbonyl (C=O) groups is 3. The Bertz CT molecular complexity index is 1540. The van der Waals surface area contributed by atoms with Crippen LogP contribution in [0.4, 0.5) is 9.18 Å². The van der Waals surface area contributed by atoms with Gasteiger partial charge in [-0.1, -0.05) is 38.1 Å². The van der Waals surface area contributed by atoms with Crippen LogP contribution in [0.2, 0.25) is 0 Å². The number of amides is 3. The third-order valence-electron chi connectivity index (χ3n) is 8.80. The highest BCUT2D eigenvalue weighted by molar-refractivity contribution is 7.13. The molecule has 14 heteroatoms. The summed E-state index contributed by atoms with van der Waals surface area (Å²) in [5.74, 6) is -1.65. The third-order valence-corrected chi connectivity index (χ3v) is 9.77. The van der Waals surface area contributed by atoms with Crippen LogP contribution in [0.25, 0.3) is 10.4 Å². The summed E-state index contributed by atoms with van der Waals surface area (Å²) >= 11 is 1.57. The van der Waals surface area contributed by atoms with Gasteiger partial charge >= 0.3 is 6.09 Å². The van der Waals surface area contributed by atoms with E-state index in [1.54, 1.807) is 16.8 Å². The second-order valence-corrected chi connectivity index (χ2v) is 13.4. The number of likely N-dealkylation sites (tertiary alicyclic amines) is 2. The second-order valence-electron chi connectivity index (χ2n) is 12.5. The Morgan fingerprint density at radius 2 is 1.89 bits per heavy atom. The molecule has 2 aromatic heterocycles. The average Bonchev–Trinajstić information content (AvgIpc) is 3.76. The number of nitrogens with one attached hydrogen (secondary N) is 1. The number of aromatic nitrogens is 2. The lowest BCUT2D eigenvalue weighted by molar-refractivity contribution is -0.141. The van der Waals surface area contributed by atoms with Crippen LogP contribution in [-0.2, 0) is 9.59 Å². The Hall–Kier alpha value is -4.04. The first-order chi connectivity index (χ1) is 21.8. The van der Waals surface area contributed by atoms with Crippen molar-refractivity contribution in [3.05, 3.63) is 52.9 Å². The van der Waals surface area contributed by atoms with E-state index in [-0.39, 0.29) is 75.0 Å². The molecule has 2 fully saturated rings. The van der Waals surface area contributed by atoms with Crippen molar-refractivity contribution in [3.63, 3.8) is 0 Å². The van der Waals surface area contributed by atoms with Crippen LogP contribution in [0.15, 0.2) is 40.4 Å². The molecular formula is C32H40FN5O7S. The molecule has 12 nitrogen and oxygen atoms in total. The van der Waals surface area contributed by atoms with Gasteiger partial charge in [-0.25, -0.2) is 14.2 Å². The van der Waals surface area contributed by atoms with Gasteiger partial charge in [0, 0.05) is 45.0 Å². The number of hydrogen-bond donors (Lipinski definition) is 3. The molecule has 0 unspecified atom stereocenters. The molecule has 5 rings (SSSR count). The zero-order chi connectivity index (χ0) is 33.2. The minimum Gasteiger partial charge on any atom is -0.472 e. The van der Waals surface area contributed by atoms with Crippen LogP contribution in [0.5, 0.6) is 5.88 Å². The number of halogens is 1. The molecule has 248 valence electrons. The summed E-state index contributed by atoms with van der Waals surface area (Å²) in [6.45, 7) is 7.29. The fourth-order valence-corrected chi connectivity index (χ4v) is 6.86. The van der Waals surface area contributed by atoms with Crippen LogP contribution >= 0.6 is 11.3 Å². The maximum absolute atomic E-state index is 15.2. The second kappa shape index (κ2) is 13.8. The van der Waals surface area contributed by atoms with Gasteiger partial charge in [-0.05, 0) is 36.0 Å². The van der Waals surface area contributed by atoms with Gasteiger partial charge in [-0.2, -0.15) is 0 Å². The predicted octanol–water partition coefficient (Wildman–Crippen LogP) is 4.55. The molecule has 3 N–H and O–H groups in total. The number of aryl methyl sites for hydroxylation is 1. The van der Waals surface area contributed by atoms with Gasteiger partial charge in [0.15, 0.2) is 5.76 Å². The largest absolute Gasteiger partial charge is 0.472 e. The number of piperidine rings is 1.